The predicted octanol–water partition coefficient (Wildman–Crippen LogP) is 1.14. The lowest BCUT2D eigenvalue weighted by molar-refractivity contribution is -0.394. The number of benzene rings is 1. The standard InChI is InChI=1S/C9H7N5O4/c15-13(16)8-3-7(4-9(5-8)14(17)18)6-12-2-1-10-11-12/h1-5H,6H2. The lowest BCUT2D eigenvalue weighted by Gasteiger charge is -2.01. The van der Waals surface area contributed by atoms with Crippen LogP contribution in [0.15, 0.2) is 30.6 Å². The summed E-state index contributed by atoms with van der Waals surface area (Å²) in [6, 6.07) is 3.47. The molecule has 2 aromatic rings. The lowest BCUT2D eigenvalue weighted by atomic mass is 10.2. The van der Waals surface area contributed by atoms with Crippen molar-refractivity contribution in [1.29, 1.82) is 0 Å². The second kappa shape index (κ2) is 4.57. The summed E-state index contributed by atoms with van der Waals surface area (Å²) in [6.45, 7) is 0.183. The van der Waals surface area contributed by atoms with Crippen molar-refractivity contribution in [2.45, 2.75) is 6.54 Å². The Balaban J connectivity index is 2.40. The van der Waals surface area contributed by atoms with Crippen LogP contribution in [-0.2, 0) is 6.54 Å². The van der Waals surface area contributed by atoms with Crippen LogP contribution in [0.4, 0.5) is 11.4 Å². The van der Waals surface area contributed by atoms with E-state index in [9.17, 15) is 20.2 Å². The van der Waals surface area contributed by atoms with Crippen molar-refractivity contribution >= 4 is 11.4 Å². The van der Waals surface area contributed by atoms with Crippen LogP contribution in [0.25, 0.3) is 0 Å². The SMILES string of the molecule is O=[N+]([O-])c1cc(Cn2ccnn2)cc([N+](=O)[O-])c1. The minimum absolute atomic E-state index is 0.183. The van der Waals surface area contributed by atoms with Crippen LogP contribution in [0.1, 0.15) is 5.56 Å². The summed E-state index contributed by atoms with van der Waals surface area (Å²) < 4.78 is 1.42. The molecule has 2 rings (SSSR count). The van der Waals surface area contributed by atoms with E-state index >= 15 is 0 Å². The molecule has 0 saturated carbocycles. The zero-order valence-electron chi connectivity index (χ0n) is 8.96. The topological polar surface area (TPSA) is 117 Å². The first-order valence-electron chi connectivity index (χ1n) is 4.83. The average molecular weight is 249 g/mol. The minimum atomic E-state index is -0.669. The molecule has 0 aliphatic carbocycles. The second-order valence-corrected chi connectivity index (χ2v) is 3.47. The highest BCUT2D eigenvalue weighted by atomic mass is 16.6. The van der Waals surface area contributed by atoms with Crippen LogP contribution < -0.4 is 0 Å². The summed E-state index contributed by atoms with van der Waals surface area (Å²) in [5.41, 5.74) is -0.222. The Hall–Kier alpha value is -2.84. The molecule has 0 fully saturated rings. The van der Waals surface area contributed by atoms with Gasteiger partial charge < -0.3 is 0 Å². The Morgan fingerprint density at radius 1 is 1.11 bits per heavy atom. The summed E-state index contributed by atoms with van der Waals surface area (Å²) in [5.74, 6) is 0. The van der Waals surface area contributed by atoms with Gasteiger partial charge in [-0.25, -0.2) is 4.68 Å². The highest BCUT2D eigenvalue weighted by molar-refractivity contribution is 5.46. The Labute approximate surface area is 100.0 Å². The van der Waals surface area contributed by atoms with E-state index < -0.39 is 9.85 Å². The van der Waals surface area contributed by atoms with Crippen LogP contribution in [0, 0.1) is 20.2 Å². The largest absolute Gasteiger partial charge is 0.276 e. The van der Waals surface area contributed by atoms with Gasteiger partial charge in [0.05, 0.1) is 28.7 Å². The highest BCUT2D eigenvalue weighted by Gasteiger charge is 2.16. The Morgan fingerprint density at radius 3 is 2.17 bits per heavy atom. The fourth-order valence-corrected chi connectivity index (χ4v) is 1.46. The summed E-state index contributed by atoms with van der Waals surface area (Å²) in [4.78, 5) is 20.0. The van der Waals surface area contributed by atoms with Gasteiger partial charge in [0.1, 0.15) is 0 Å². The third-order valence-electron chi connectivity index (χ3n) is 2.20. The number of hydrogen-bond acceptors (Lipinski definition) is 6. The first-order valence-corrected chi connectivity index (χ1v) is 4.83. The molecule has 92 valence electrons. The van der Waals surface area contributed by atoms with Gasteiger partial charge in [-0.15, -0.1) is 5.10 Å². The smallest absolute Gasteiger partial charge is 0.258 e. The number of nitro groups is 2. The quantitative estimate of drug-likeness (QED) is 0.592. The van der Waals surface area contributed by atoms with Gasteiger partial charge in [-0.1, -0.05) is 5.21 Å². The molecule has 0 bridgehead atoms. The van der Waals surface area contributed by atoms with Crippen molar-refractivity contribution in [2.24, 2.45) is 0 Å². The van der Waals surface area contributed by atoms with Crippen molar-refractivity contribution in [1.82, 2.24) is 15.0 Å². The molecule has 0 spiro atoms. The molecule has 18 heavy (non-hydrogen) atoms. The maximum absolute atomic E-state index is 10.7. The average Bonchev–Trinajstić information content (AvgIpc) is 2.81. The molecule has 0 aliphatic heterocycles. The maximum Gasteiger partial charge on any atom is 0.276 e. The Kier molecular flexibility index (Phi) is 2.96. The summed E-state index contributed by atoms with van der Waals surface area (Å²) in [6.07, 6.45) is 3.01. The van der Waals surface area contributed by atoms with E-state index in [0.29, 0.717) is 5.56 Å². The monoisotopic (exact) mass is 249 g/mol. The minimum Gasteiger partial charge on any atom is -0.258 e. The van der Waals surface area contributed by atoms with Gasteiger partial charge in [-0.05, 0) is 5.56 Å². The van der Waals surface area contributed by atoms with Crippen LogP contribution in [-0.4, -0.2) is 24.8 Å². The third-order valence-corrected chi connectivity index (χ3v) is 2.20. The number of aromatic nitrogens is 3. The van der Waals surface area contributed by atoms with E-state index in [1.54, 1.807) is 6.20 Å². The predicted molar refractivity (Wildman–Crippen MR) is 58.9 cm³/mol. The van der Waals surface area contributed by atoms with Crippen molar-refractivity contribution < 1.29 is 9.85 Å². The molecule has 1 heterocycles. The number of nitro benzene ring substituents is 2. The van der Waals surface area contributed by atoms with Gasteiger partial charge in [0.15, 0.2) is 0 Å². The number of nitrogens with zero attached hydrogens (tertiary/aromatic N) is 5. The van der Waals surface area contributed by atoms with Crippen LogP contribution in [0.3, 0.4) is 0 Å². The third kappa shape index (κ3) is 2.45. The van der Waals surface area contributed by atoms with Crippen molar-refractivity contribution in [3.63, 3.8) is 0 Å². The molecule has 9 nitrogen and oxygen atoms in total. The van der Waals surface area contributed by atoms with Gasteiger partial charge in [-0.2, -0.15) is 0 Å². The van der Waals surface area contributed by atoms with Crippen molar-refractivity contribution in [3.8, 4) is 0 Å². The molecule has 0 atom stereocenters. The van der Waals surface area contributed by atoms with E-state index in [-0.39, 0.29) is 17.9 Å². The van der Waals surface area contributed by atoms with E-state index in [4.69, 9.17) is 0 Å². The van der Waals surface area contributed by atoms with E-state index in [1.807, 2.05) is 0 Å². The number of rotatable bonds is 4. The molecule has 0 N–H and O–H groups in total. The molecule has 9 heteroatoms. The number of hydrogen-bond donors (Lipinski definition) is 0. The van der Waals surface area contributed by atoms with Gasteiger partial charge in [0.25, 0.3) is 11.4 Å². The van der Waals surface area contributed by atoms with Crippen LogP contribution >= 0.6 is 0 Å². The van der Waals surface area contributed by atoms with Gasteiger partial charge in [-0.3, -0.25) is 20.2 Å². The summed E-state index contributed by atoms with van der Waals surface area (Å²) in [5, 5.41) is 28.6. The molecule has 0 amide bonds. The van der Waals surface area contributed by atoms with Crippen molar-refractivity contribution in [2.75, 3.05) is 0 Å². The maximum atomic E-state index is 10.7. The zero-order valence-corrected chi connectivity index (χ0v) is 8.96. The number of non-ortho nitro benzene ring substituents is 2. The molecular formula is C9H7N5O4. The molecule has 1 aromatic carbocycles. The lowest BCUT2D eigenvalue weighted by Crippen LogP contribution is -2.02. The van der Waals surface area contributed by atoms with Gasteiger partial charge >= 0.3 is 0 Å². The van der Waals surface area contributed by atoms with Gasteiger partial charge in [0, 0.05) is 18.3 Å². The van der Waals surface area contributed by atoms with Crippen LogP contribution in [0.2, 0.25) is 0 Å². The summed E-state index contributed by atoms with van der Waals surface area (Å²) in [7, 11) is 0. The van der Waals surface area contributed by atoms with E-state index in [0.717, 1.165) is 6.07 Å². The molecule has 0 saturated heterocycles. The van der Waals surface area contributed by atoms with E-state index in [2.05, 4.69) is 10.3 Å². The Morgan fingerprint density at radius 2 is 1.72 bits per heavy atom. The highest BCUT2D eigenvalue weighted by Crippen LogP contribution is 2.22. The zero-order chi connectivity index (χ0) is 13.1. The normalized spacial score (nSPS) is 10.2. The first-order chi connectivity index (χ1) is 8.56. The fourth-order valence-electron chi connectivity index (χ4n) is 1.46. The molecule has 0 unspecified atom stereocenters. The van der Waals surface area contributed by atoms with Crippen molar-refractivity contribution in [3.05, 3.63) is 56.4 Å². The van der Waals surface area contributed by atoms with Crippen LogP contribution in [0.5, 0.6) is 0 Å². The van der Waals surface area contributed by atoms with E-state index in [1.165, 1.54) is 23.0 Å². The second-order valence-electron chi connectivity index (χ2n) is 3.47. The molecule has 1 aromatic heterocycles. The molecule has 0 aliphatic rings. The first kappa shape index (κ1) is 11.6. The molecule has 0 radical (unpaired) electrons. The fraction of sp³-hybridized carbons (Fsp3) is 0.111. The summed E-state index contributed by atoms with van der Waals surface area (Å²) >= 11 is 0. The van der Waals surface area contributed by atoms with Gasteiger partial charge in [0.2, 0.25) is 0 Å². The molecular weight excluding hydrogens is 242 g/mol. The Bertz CT molecular complexity index is 563.